The zero-order valence-corrected chi connectivity index (χ0v) is 10.7. The highest BCUT2D eigenvalue weighted by molar-refractivity contribution is 6.10. The van der Waals surface area contributed by atoms with Crippen LogP contribution in [0.4, 0.5) is 0 Å². The topological polar surface area (TPSA) is 44.2 Å². The summed E-state index contributed by atoms with van der Waals surface area (Å²) < 4.78 is 11.8. The number of rotatable bonds is 0. The van der Waals surface area contributed by atoms with E-state index in [9.17, 15) is 0 Å². The van der Waals surface area contributed by atoms with Crippen molar-refractivity contribution in [3.63, 3.8) is 0 Å². The molecule has 0 atom stereocenters. The average Bonchev–Trinajstić information content (AvgIpc) is 2.75. The first-order chi connectivity index (χ1) is 9.16. The first-order valence-electron chi connectivity index (χ1n) is 6.19. The second-order valence-electron chi connectivity index (χ2n) is 5.06. The van der Waals surface area contributed by atoms with Crippen molar-refractivity contribution in [3.8, 4) is 11.5 Å². The third-order valence-electron chi connectivity index (χ3n) is 3.23. The molecule has 4 nitrogen and oxygen atoms in total. The number of hydrogen-bond acceptors (Lipinski definition) is 4. The lowest BCUT2D eigenvalue weighted by atomic mass is 10.1. The summed E-state index contributed by atoms with van der Waals surface area (Å²) in [5, 5.41) is 1.95. The number of pyridine rings is 2. The third kappa shape index (κ3) is 1.40. The number of benzene rings is 1. The monoisotopic (exact) mass is 252 g/mol. The maximum Gasteiger partial charge on any atom is 0.246 e. The molecule has 94 valence electrons. The number of fused-ring (bicyclic) bond motifs is 6. The first kappa shape index (κ1) is 10.6. The quantitative estimate of drug-likeness (QED) is 0.576. The fourth-order valence-corrected chi connectivity index (χ4v) is 2.52. The molecule has 0 bridgehead atoms. The molecule has 19 heavy (non-hydrogen) atoms. The Balaban J connectivity index is 2.24. The molecule has 1 aliphatic heterocycles. The second kappa shape index (κ2) is 3.35. The Bertz CT molecular complexity index is 745. The van der Waals surface area contributed by atoms with Crippen LogP contribution in [0.15, 0.2) is 36.7 Å². The van der Waals surface area contributed by atoms with E-state index in [1.807, 2.05) is 38.1 Å². The Kier molecular flexibility index (Phi) is 1.86. The normalized spacial score (nSPS) is 16.1. The first-order valence-corrected chi connectivity index (χ1v) is 6.19. The van der Waals surface area contributed by atoms with Gasteiger partial charge in [0, 0.05) is 37.0 Å². The molecule has 4 rings (SSSR count). The van der Waals surface area contributed by atoms with Gasteiger partial charge in [-0.3, -0.25) is 9.97 Å². The Morgan fingerprint density at radius 1 is 0.842 bits per heavy atom. The summed E-state index contributed by atoms with van der Waals surface area (Å²) in [6.45, 7) is 3.79. The largest absolute Gasteiger partial charge is 0.448 e. The lowest BCUT2D eigenvalue weighted by molar-refractivity contribution is -0.0420. The van der Waals surface area contributed by atoms with E-state index in [0.29, 0.717) is 5.75 Å². The molecule has 0 radical (unpaired) electrons. The molecular weight excluding hydrogens is 240 g/mol. The van der Waals surface area contributed by atoms with Crippen molar-refractivity contribution in [3.05, 3.63) is 36.7 Å². The van der Waals surface area contributed by atoms with Gasteiger partial charge in [-0.25, -0.2) is 0 Å². The van der Waals surface area contributed by atoms with Gasteiger partial charge in [0.1, 0.15) is 5.52 Å². The minimum absolute atomic E-state index is 0.670. The van der Waals surface area contributed by atoms with E-state index in [0.717, 1.165) is 27.6 Å². The fourth-order valence-electron chi connectivity index (χ4n) is 2.52. The van der Waals surface area contributed by atoms with Crippen molar-refractivity contribution >= 4 is 21.8 Å². The molecule has 1 aliphatic rings. The van der Waals surface area contributed by atoms with E-state index >= 15 is 0 Å². The minimum atomic E-state index is -0.670. The molecule has 4 heteroatoms. The van der Waals surface area contributed by atoms with Crippen molar-refractivity contribution < 1.29 is 9.47 Å². The summed E-state index contributed by atoms with van der Waals surface area (Å²) >= 11 is 0. The molecule has 1 aromatic carbocycles. The molecule has 3 heterocycles. The Hall–Kier alpha value is -2.36. The molecule has 0 fully saturated rings. The molecule has 0 spiro atoms. The van der Waals surface area contributed by atoms with Crippen LogP contribution in [-0.4, -0.2) is 15.8 Å². The maximum absolute atomic E-state index is 5.91. The lowest BCUT2D eigenvalue weighted by Crippen LogP contribution is -2.29. The number of aromatic nitrogens is 2. The van der Waals surface area contributed by atoms with Gasteiger partial charge in [0.25, 0.3) is 0 Å². The summed E-state index contributed by atoms with van der Waals surface area (Å²) in [6.07, 6.45) is 3.54. The summed E-state index contributed by atoms with van der Waals surface area (Å²) in [6, 6.07) is 7.81. The van der Waals surface area contributed by atoms with Crippen molar-refractivity contribution in [2.45, 2.75) is 19.6 Å². The van der Waals surface area contributed by atoms with Crippen LogP contribution in [0.1, 0.15) is 13.8 Å². The third-order valence-corrected chi connectivity index (χ3v) is 3.23. The van der Waals surface area contributed by atoms with Crippen LogP contribution in [0.5, 0.6) is 11.5 Å². The van der Waals surface area contributed by atoms with Gasteiger partial charge in [-0.2, -0.15) is 0 Å². The van der Waals surface area contributed by atoms with Gasteiger partial charge in [0.15, 0.2) is 11.5 Å². The van der Waals surface area contributed by atoms with Crippen molar-refractivity contribution in [2.75, 3.05) is 0 Å². The highest BCUT2D eigenvalue weighted by Crippen LogP contribution is 2.48. The van der Waals surface area contributed by atoms with Crippen LogP contribution in [0, 0.1) is 0 Å². The van der Waals surface area contributed by atoms with E-state index in [-0.39, 0.29) is 0 Å². The Morgan fingerprint density at radius 2 is 1.47 bits per heavy atom. The predicted octanol–water partition coefficient (Wildman–Crippen LogP) is 3.29. The number of hydrogen-bond donors (Lipinski definition) is 0. The van der Waals surface area contributed by atoms with Crippen LogP contribution in [0.2, 0.25) is 0 Å². The zero-order chi connectivity index (χ0) is 13.0. The van der Waals surface area contributed by atoms with E-state index in [1.54, 1.807) is 12.4 Å². The van der Waals surface area contributed by atoms with Crippen molar-refractivity contribution in [1.82, 2.24) is 9.97 Å². The highest BCUT2D eigenvalue weighted by Gasteiger charge is 2.35. The van der Waals surface area contributed by atoms with Gasteiger partial charge in [0.2, 0.25) is 5.79 Å². The van der Waals surface area contributed by atoms with Gasteiger partial charge in [0.05, 0.1) is 5.52 Å². The maximum atomic E-state index is 5.91. The van der Waals surface area contributed by atoms with Gasteiger partial charge in [-0.05, 0) is 24.3 Å². The second-order valence-corrected chi connectivity index (χ2v) is 5.06. The summed E-state index contributed by atoms with van der Waals surface area (Å²) in [5.41, 5.74) is 1.69. The summed E-state index contributed by atoms with van der Waals surface area (Å²) in [5.74, 6) is 0.775. The van der Waals surface area contributed by atoms with E-state index in [1.165, 1.54) is 0 Å². The van der Waals surface area contributed by atoms with Crippen LogP contribution in [0.25, 0.3) is 21.8 Å². The summed E-state index contributed by atoms with van der Waals surface area (Å²) in [7, 11) is 0. The van der Waals surface area contributed by atoms with E-state index in [2.05, 4.69) is 9.97 Å². The minimum Gasteiger partial charge on any atom is -0.448 e. The van der Waals surface area contributed by atoms with Gasteiger partial charge < -0.3 is 9.47 Å². The van der Waals surface area contributed by atoms with Crippen LogP contribution in [-0.2, 0) is 0 Å². The Morgan fingerprint density at radius 3 is 2.26 bits per heavy atom. The van der Waals surface area contributed by atoms with Crippen molar-refractivity contribution in [1.29, 1.82) is 0 Å². The summed E-state index contributed by atoms with van der Waals surface area (Å²) in [4.78, 5) is 8.88. The SMILES string of the molecule is CC1(C)Oc2c(c3ncccc3c3ncccc23)O1. The molecule has 0 N–H and O–H groups in total. The molecule has 2 aromatic heterocycles. The predicted molar refractivity (Wildman–Crippen MR) is 72.4 cm³/mol. The molecule has 0 aliphatic carbocycles. The standard InChI is InChI=1S/C15H12N2O2/c1-15(2)18-13-10-6-4-7-16-11(10)9-5-3-8-17-12(9)14(13)19-15/h3-8H,1-2H3. The molecular formula is C15H12N2O2. The molecule has 3 aromatic rings. The van der Waals surface area contributed by atoms with Crippen LogP contribution < -0.4 is 9.47 Å². The highest BCUT2D eigenvalue weighted by atomic mass is 16.7. The smallest absolute Gasteiger partial charge is 0.246 e. The lowest BCUT2D eigenvalue weighted by Gasteiger charge is -2.16. The van der Waals surface area contributed by atoms with Crippen LogP contribution in [0.3, 0.4) is 0 Å². The van der Waals surface area contributed by atoms with E-state index in [4.69, 9.17) is 9.47 Å². The van der Waals surface area contributed by atoms with Crippen LogP contribution >= 0.6 is 0 Å². The van der Waals surface area contributed by atoms with Gasteiger partial charge in [-0.1, -0.05) is 0 Å². The molecule has 0 unspecified atom stereocenters. The van der Waals surface area contributed by atoms with Gasteiger partial charge >= 0.3 is 0 Å². The number of nitrogens with zero attached hydrogens (tertiary/aromatic N) is 2. The fraction of sp³-hybridized carbons (Fsp3) is 0.200. The number of ether oxygens (including phenoxy) is 2. The molecule has 0 saturated heterocycles. The average molecular weight is 252 g/mol. The molecule has 0 saturated carbocycles. The Labute approximate surface area is 110 Å². The van der Waals surface area contributed by atoms with Gasteiger partial charge in [-0.15, -0.1) is 0 Å². The van der Waals surface area contributed by atoms with E-state index < -0.39 is 5.79 Å². The molecule has 0 amide bonds. The zero-order valence-electron chi connectivity index (χ0n) is 10.7. The van der Waals surface area contributed by atoms with Crippen molar-refractivity contribution in [2.24, 2.45) is 0 Å².